The minimum absolute atomic E-state index is 0.228. The van der Waals surface area contributed by atoms with Crippen LogP contribution in [0.1, 0.15) is 174 Å². The van der Waals surface area contributed by atoms with E-state index in [0.717, 1.165) is 44.9 Å². The summed E-state index contributed by atoms with van der Waals surface area (Å²) in [4.78, 5) is 11.5. The van der Waals surface area contributed by atoms with Gasteiger partial charge in [-0.1, -0.05) is 155 Å². The molecule has 0 spiro atoms. The van der Waals surface area contributed by atoms with Gasteiger partial charge in [0.25, 0.3) is 0 Å². The molecule has 0 aromatic carbocycles. The van der Waals surface area contributed by atoms with E-state index in [1.807, 2.05) is 0 Å². The van der Waals surface area contributed by atoms with Crippen LogP contribution in [0.3, 0.4) is 0 Å². The second kappa shape index (κ2) is 27.7. The minimum atomic E-state index is -0.826. The van der Waals surface area contributed by atoms with Crippen molar-refractivity contribution in [2.75, 3.05) is 6.61 Å². The summed E-state index contributed by atoms with van der Waals surface area (Å²) >= 11 is 0. The zero-order chi connectivity index (χ0) is 24.2. The van der Waals surface area contributed by atoms with Crippen LogP contribution in [0.5, 0.6) is 0 Å². The van der Waals surface area contributed by atoms with Gasteiger partial charge in [-0.25, -0.2) is 0 Å². The van der Waals surface area contributed by atoms with Gasteiger partial charge >= 0.3 is 0 Å². The summed E-state index contributed by atoms with van der Waals surface area (Å²) in [6.45, 7) is 2.60. The Morgan fingerprint density at radius 3 is 1.06 bits per heavy atom. The van der Waals surface area contributed by atoms with Gasteiger partial charge in [0.15, 0.2) is 0 Å². The molecule has 1 unspecified atom stereocenters. The number of aliphatic hydroxyl groups excluding tert-OH is 1. The van der Waals surface area contributed by atoms with Gasteiger partial charge in [0.2, 0.25) is 0 Å². The molecule has 33 heavy (non-hydrogen) atoms. The van der Waals surface area contributed by atoms with Crippen molar-refractivity contribution in [3.63, 3.8) is 0 Å². The zero-order valence-corrected chi connectivity index (χ0v) is 22.4. The highest BCUT2D eigenvalue weighted by Gasteiger charge is 2.09. The first-order valence-corrected chi connectivity index (χ1v) is 15.0. The minimum Gasteiger partial charge on any atom is -0.550 e. The molecule has 0 bridgehead atoms. The topological polar surface area (TPSA) is 60.4 Å². The summed E-state index contributed by atoms with van der Waals surface area (Å²) < 4.78 is 0. The molecule has 0 radical (unpaired) electrons. The van der Waals surface area contributed by atoms with E-state index < -0.39 is 5.97 Å². The molecule has 0 aliphatic carbocycles. The lowest BCUT2D eigenvalue weighted by Gasteiger charge is -2.17. The molecule has 1 atom stereocenters. The Labute approximate surface area is 207 Å². The molecule has 0 fully saturated rings. The number of hydrogen-bond acceptors (Lipinski definition) is 3. The molecule has 0 aliphatic heterocycles. The lowest BCUT2D eigenvalue weighted by molar-refractivity contribution is -0.312. The summed E-state index contributed by atoms with van der Waals surface area (Å²) in [6, 6.07) is 0. The monoisotopic (exact) mass is 467 g/mol. The normalized spacial score (nSPS) is 12.3. The second-order valence-electron chi connectivity index (χ2n) is 10.4. The van der Waals surface area contributed by atoms with Crippen molar-refractivity contribution in [3.05, 3.63) is 0 Å². The van der Waals surface area contributed by atoms with Crippen LogP contribution >= 0.6 is 0 Å². The maximum atomic E-state index is 11.5. The smallest absolute Gasteiger partial charge is 0.0445 e. The Bertz CT molecular complexity index is 383. The summed E-state index contributed by atoms with van der Waals surface area (Å²) in [5.74, 6) is -1.05. The first kappa shape index (κ1) is 32.4. The summed E-state index contributed by atoms with van der Waals surface area (Å²) in [7, 11) is 0. The Morgan fingerprint density at radius 1 is 0.515 bits per heavy atom. The van der Waals surface area contributed by atoms with Gasteiger partial charge in [-0.15, -0.1) is 0 Å². The van der Waals surface area contributed by atoms with Gasteiger partial charge in [0, 0.05) is 12.6 Å². The Kier molecular flexibility index (Phi) is 27.2. The van der Waals surface area contributed by atoms with E-state index in [9.17, 15) is 9.90 Å². The molecule has 3 heteroatoms. The molecule has 0 rings (SSSR count). The maximum absolute atomic E-state index is 11.5. The van der Waals surface area contributed by atoms with Gasteiger partial charge in [-0.2, -0.15) is 0 Å². The SMILES string of the molecule is CCCCCCCCCCCCCCCCC(CCCCCCCCCCCCO)C(=O)[O-]. The van der Waals surface area contributed by atoms with Crippen molar-refractivity contribution in [1.82, 2.24) is 0 Å². The van der Waals surface area contributed by atoms with Crippen LogP contribution in [-0.4, -0.2) is 17.7 Å². The van der Waals surface area contributed by atoms with Gasteiger partial charge in [-0.05, 0) is 25.2 Å². The van der Waals surface area contributed by atoms with Gasteiger partial charge in [0.1, 0.15) is 0 Å². The molecule has 0 aromatic heterocycles. The molecule has 0 heterocycles. The Hall–Kier alpha value is -0.570. The molecule has 198 valence electrons. The average Bonchev–Trinajstić information content (AvgIpc) is 2.81. The van der Waals surface area contributed by atoms with Crippen molar-refractivity contribution in [2.24, 2.45) is 5.92 Å². The fourth-order valence-electron chi connectivity index (χ4n) is 4.88. The number of carboxylic acids is 1. The fourth-order valence-corrected chi connectivity index (χ4v) is 4.88. The number of unbranched alkanes of at least 4 members (excludes halogenated alkanes) is 22. The van der Waals surface area contributed by atoms with E-state index in [1.165, 1.54) is 122 Å². The van der Waals surface area contributed by atoms with E-state index in [-0.39, 0.29) is 5.92 Å². The van der Waals surface area contributed by atoms with Crippen molar-refractivity contribution in [2.45, 2.75) is 174 Å². The third kappa shape index (κ3) is 25.9. The van der Waals surface area contributed by atoms with E-state index in [2.05, 4.69) is 6.92 Å². The average molecular weight is 468 g/mol. The van der Waals surface area contributed by atoms with Crippen molar-refractivity contribution >= 4 is 5.97 Å². The van der Waals surface area contributed by atoms with Crippen LogP contribution in [0.2, 0.25) is 0 Å². The molecule has 0 aromatic rings. The summed E-state index contributed by atoms with van der Waals surface area (Å²) in [5, 5.41) is 20.2. The largest absolute Gasteiger partial charge is 0.550 e. The van der Waals surface area contributed by atoms with Crippen molar-refractivity contribution < 1.29 is 15.0 Å². The van der Waals surface area contributed by atoms with Crippen LogP contribution in [0.15, 0.2) is 0 Å². The fraction of sp³-hybridized carbons (Fsp3) is 0.967. The molecule has 1 N–H and O–H groups in total. The molecule has 0 saturated heterocycles. The highest BCUT2D eigenvalue weighted by atomic mass is 16.4. The standard InChI is InChI=1S/C30H60O3/c1-2-3-4-5-6-7-8-9-10-11-14-17-20-23-26-29(30(32)33)27-24-21-18-15-12-13-16-19-22-25-28-31/h29,31H,2-28H2,1H3,(H,32,33)/p-1. The number of aliphatic carboxylic acids is 1. The highest BCUT2D eigenvalue weighted by molar-refractivity contribution is 5.67. The molecule has 3 nitrogen and oxygen atoms in total. The number of hydrogen-bond donors (Lipinski definition) is 1. The third-order valence-corrected chi connectivity index (χ3v) is 7.20. The highest BCUT2D eigenvalue weighted by Crippen LogP contribution is 2.19. The second-order valence-corrected chi connectivity index (χ2v) is 10.4. The predicted octanol–water partition coefficient (Wildman–Crippen LogP) is 8.51. The third-order valence-electron chi connectivity index (χ3n) is 7.20. The molecule has 0 amide bonds. The molecular weight excluding hydrogens is 408 g/mol. The van der Waals surface area contributed by atoms with Gasteiger partial charge in [0.05, 0.1) is 0 Å². The lowest BCUT2D eigenvalue weighted by Crippen LogP contribution is -2.31. The summed E-state index contributed by atoms with van der Waals surface area (Å²) in [5.41, 5.74) is 0. The number of carbonyl (C=O) groups excluding carboxylic acids is 1. The number of carbonyl (C=O) groups is 1. The Balaban J connectivity index is 3.41. The van der Waals surface area contributed by atoms with Crippen LogP contribution in [0.4, 0.5) is 0 Å². The predicted molar refractivity (Wildman–Crippen MR) is 141 cm³/mol. The van der Waals surface area contributed by atoms with Crippen LogP contribution in [-0.2, 0) is 4.79 Å². The molecule has 0 aliphatic rings. The first-order chi connectivity index (χ1) is 16.2. The first-order valence-electron chi connectivity index (χ1n) is 15.0. The van der Waals surface area contributed by atoms with Crippen LogP contribution in [0.25, 0.3) is 0 Å². The zero-order valence-electron chi connectivity index (χ0n) is 22.4. The quantitative estimate of drug-likeness (QED) is 0.117. The van der Waals surface area contributed by atoms with E-state index in [4.69, 9.17) is 5.11 Å². The molecule has 0 saturated carbocycles. The summed E-state index contributed by atoms with van der Waals surface area (Å²) in [6.07, 6.45) is 32.3. The van der Waals surface area contributed by atoms with Gasteiger partial charge < -0.3 is 15.0 Å². The maximum Gasteiger partial charge on any atom is 0.0445 e. The molecular formula is C30H59O3-. The van der Waals surface area contributed by atoms with E-state index in [0.29, 0.717) is 6.61 Å². The van der Waals surface area contributed by atoms with Crippen molar-refractivity contribution in [1.29, 1.82) is 0 Å². The number of aliphatic hydroxyl groups is 1. The van der Waals surface area contributed by atoms with Crippen molar-refractivity contribution in [3.8, 4) is 0 Å². The van der Waals surface area contributed by atoms with Gasteiger partial charge in [-0.3, -0.25) is 0 Å². The van der Waals surface area contributed by atoms with E-state index >= 15 is 0 Å². The van der Waals surface area contributed by atoms with Crippen LogP contribution < -0.4 is 5.11 Å². The lowest BCUT2D eigenvalue weighted by atomic mass is 9.94. The van der Waals surface area contributed by atoms with E-state index in [1.54, 1.807) is 0 Å². The number of carboxylic acid groups (broad SMARTS) is 1. The van der Waals surface area contributed by atoms with Crippen LogP contribution in [0, 0.1) is 5.92 Å². The number of rotatable bonds is 28. The Morgan fingerprint density at radius 2 is 0.788 bits per heavy atom.